The van der Waals surface area contributed by atoms with E-state index in [9.17, 15) is 0 Å². The van der Waals surface area contributed by atoms with E-state index in [0.717, 1.165) is 12.1 Å². The molecule has 0 aliphatic carbocycles. The summed E-state index contributed by atoms with van der Waals surface area (Å²) in [6.45, 7) is 7.02. The minimum absolute atomic E-state index is 0.721. The zero-order valence-electron chi connectivity index (χ0n) is 7.22. The first-order chi connectivity index (χ1) is 4.74. The first-order valence-corrected chi connectivity index (χ1v) is 4.15. The molecule has 58 valence electrons. The van der Waals surface area contributed by atoms with Gasteiger partial charge in [0.25, 0.3) is 0 Å². The summed E-state index contributed by atoms with van der Waals surface area (Å²) in [5.41, 5.74) is 0. The van der Waals surface area contributed by atoms with Crippen LogP contribution in [0, 0.1) is 0 Å². The lowest BCUT2D eigenvalue weighted by Crippen LogP contribution is -2.33. The summed E-state index contributed by atoms with van der Waals surface area (Å²) >= 11 is 0. The fraction of sp³-hybridized carbons (Fsp3) is 1.00. The second-order valence-electron chi connectivity index (χ2n) is 3.36. The molecular formula is C7H17BN2. The highest BCUT2D eigenvalue weighted by molar-refractivity contribution is 6.04. The lowest BCUT2D eigenvalue weighted by Gasteiger charge is -2.19. The zero-order valence-corrected chi connectivity index (χ0v) is 7.22. The lowest BCUT2D eigenvalue weighted by molar-refractivity contribution is 0.271. The molecule has 3 heteroatoms. The predicted octanol–water partition coefficient (Wildman–Crippen LogP) is -0.393. The Morgan fingerprint density at radius 1 is 1.60 bits per heavy atom. The number of nitrogens with zero attached hydrogens (tertiary/aromatic N) is 1. The Hall–Kier alpha value is -0.0151. The first kappa shape index (κ1) is 8.09. The van der Waals surface area contributed by atoms with E-state index in [1.807, 2.05) is 0 Å². The van der Waals surface area contributed by atoms with Crippen molar-refractivity contribution >= 4 is 7.98 Å². The molecule has 0 aromatic rings. The third kappa shape index (κ3) is 1.73. The van der Waals surface area contributed by atoms with Gasteiger partial charge in [0.15, 0.2) is 7.98 Å². The van der Waals surface area contributed by atoms with Crippen molar-refractivity contribution in [3.63, 3.8) is 0 Å². The summed E-state index contributed by atoms with van der Waals surface area (Å²) in [5, 5.41) is 3.31. The Bertz CT molecular complexity index is 106. The van der Waals surface area contributed by atoms with Crippen molar-refractivity contribution in [2.75, 3.05) is 13.1 Å². The maximum Gasteiger partial charge on any atom is 0.182 e. The summed E-state index contributed by atoms with van der Waals surface area (Å²) in [7, 11) is 2.05. The molecule has 1 rings (SSSR count). The lowest BCUT2D eigenvalue weighted by atomic mass is 10.2. The maximum atomic E-state index is 3.31. The fourth-order valence-electron chi connectivity index (χ4n) is 1.49. The molecule has 0 amide bonds. The van der Waals surface area contributed by atoms with E-state index in [-0.39, 0.29) is 0 Å². The number of nitrogens with one attached hydrogen (secondary N) is 1. The van der Waals surface area contributed by atoms with Gasteiger partial charge in [-0.3, -0.25) is 4.90 Å². The quantitative estimate of drug-likeness (QED) is 0.525. The number of likely N-dealkylation sites (tertiary alicyclic amines) is 1. The smallest absolute Gasteiger partial charge is 0.182 e. The number of rotatable bonds is 2. The van der Waals surface area contributed by atoms with Crippen LogP contribution in [0.25, 0.3) is 0 Å². The monoisotopic (exact) mass is 140 g/mol. The van der Waals surface area contributed by atoms with Crippen LogP contribution in [0.15, 0.2) is 0 Å². The van der Waals surface area contributed by atoms with Gasteiger partial charge in [0.1, 0.15) is 0 Å². The third-order valence-corrected chi connectivity index (χ3v) is 2.36. The molecule has 10 heavy (non-hydrogen) atoms. The summed E-state index contributed by atoms with van der Waals surface area (Å²) in [6, 6.07) is 1.46. The molecule has 1 heterocycles. The van der Waals surface area contributed by atoms with Crippen molar-refractivity contribution in [2.45, 2.75) is 32.4 Å². The van der Waals surface area contributed by atoms with Crippen LogP contribution in [-0.4, -0.2) is 38.1 Å². The highest BCUT2D eigenvalue weighted by atomic mass is 15.2. The van der Waals surface area contributed by atoms with Crippen LogP contribution < -0.4 is 5.23 Å². The van der Waals surface area contributed by atoms with E-state index >= 15 is 0 Å². The van der Waals surface area contributed by atoms with Gasteiger partial charge in [0.2, 0.25) is 0 Å². The van der Waals surface area contributed by atoms with Crippen molar-refractivity contribution in [2.24, 2.45) is 0 Å². The van der Waals surface area contributed by atoms with Crippen molar-refractivity contribution < 1.29 is 0 Å². The normalized spacial score (nSPS) is 28.1. The van der Waals surface area contributed by atoms with Gasteiger partial charge in [-0.25, -0.2) is 0 Å². The van der Waals surface area contributed by atoms with E-state index in [1.165, 1.54) is 19.5 Å². The van der Waals surface area contributed by atoms with Gasteiger partial charge in [-0.15, -0.1) is 0 Å². The maximum absolute atomic E-state index is 3.31. The van der Waals surface area contributed by atoms with E-state index in [4.69, 9.17) is 0 Å². The van der Waals surface area contributed by atoms with Crippen LogP contribution in [0.3, 0.4) is 0 Å². The Morgan fingerprint density at radius 2 is 2.30 bits per heavy atom. The SMILES string of the molecule is BN[C@H]1CCN(C(C)C)C1. The largest absolute Gasteiger partial charge is 0.358 e. The van der Waals surface area contributed by atoms with E-state index in [2.05, 4.69) is 32.0 Å². The molecule has 1 saturated heterocycles. The fourth-order valence-corrected chi connectivity index (χ4v) is 1.49. The molecule has 1 fully saturated rings. The highest BCUT2D eigenvalue weighted by Crippen LogP contribution is 2.11. The molecule has 0 aromatic carbocycles. The van der Waals surface area contributed by atoms with Crippen molar-refractivity contribution in [1.29, 1.82) is 0 Å². The van der Waals surface area contributed by atoms with Crippen LogP contribution in [0.2, 0.25) is 0 Å². The summed E-state index contributed by atoms with van der Waals surface area (Å²) < 4.78 is 0. The third-order valence-electron chi connectivity index (χ3n) is 2.36. The van der Waals surface area contributed by atoms with Gasteiger partial charge in [-0.05, 0) is 26.8 Å². The molecule has 0 bridgehead atoms. The molecule has 0 aromatic heterocycles. The van der Waals surface area contributed by atoms with Crippen LogP contribution >= 0.6 is 0 Å². The topological polar surface area (TPSA) is 15.3 Å². The average molecular weight is 140 g/mol. The molecular weight excluding hydrogens is 123 g/mol. The van der Waals surface area contributed by atoms with Gasteiger partial charge in [0, 0.05) is 18.6 Å². The van der Waals surface area contributed by atoms with Crippen molar-refractivity contribution in [1.82, 2.24) is 10.1 Å². The van der Waals surface area contributed by atoms with E-state index < -0.39 is 0 Å². The number of hydrogen-bond donors (Lipinski definition) is 1. The molecule has 0 unspecified atom stereocenters. The molecule has 1 atom stereocenters. The molecule has 1 aliphatic rings. The summed E-state index contributed by atoms with van der Waals surface area (Å²) in [4.78, 5) is 2.52. The first-order valence-electron chi connectivity index (χ1n) is 4.15. The summed E-state index contributed by atoms with van der Waals surface area (Å²) in [5.74, 6) is 0. The Kier molecular flexibility index (Phi) is 2.75. The molecule has 0 radical (unpaired) electrons. The van der Waals surface area contributed by atoms with Gasteiger partial charge < -0.3 is 5.23 Å². The average Bonchev–Trinajstić information content (AvgIpc) is 2.34. The Morgan fingerprint density at radius 3 is 2.60 bits per heavy atom. The van der Waals surface area contributed by atoms with Crippen molar-refractivity contribution in [3.05, 3.63) is 0 Å². The summed E-state index contributed by atoms with van der Waals surface area (Å²) in [6.07, 6.45) is 1.31. The second-order valence-corrected chi connectivity index (χ2v) is 3.36. The van der Waals surface area contributed by atoms with Gasteiger partial charge in [-0.2, -0.15) is 0 Å². The Balaban J connectivity index is 2.28. The predicted molar refractivity (Wildman–Crippen MR) is 46.8 cm³/mol. The number of hydrogen-bond acceptors (Lipinski definition) is 2. The molecule has 0 spiro atoms. The van der Waals surface area contributed by atoms with Crippen LogP contribution in [0.4, 0.5) is 0 Å². The van der Waals surface area contributed by atoms with Gasteiger partial charge in [0.05, 0.1) is 0 Å². The van der Waals surface area contributed by atoms with Crippen molar-refractivity contribution in [3.8, 4) is 0 Å². The standard InChI is InChI=1S/C7H17BN2/c1-6(2)10-4-3-7(5-10)9-8/h6-7,9H,3-5,8H2,1-2H3/t7-/m0/s1. The van der Waals surface area contributed by atoms with Gasteiger partial charge >= 0.3 is 0 Å². The Labute approximate surface area is 64.4 Å². The minimum atomic E-state index is 0.721. The van der Waals surface area contributed by atoms with Crippen LogP contribution in [-0.2, 0) is 0 Å². The van der Waals surface area contributed by atoms with E-state index in [0.29, 0.717) is 0 Å². The minimum Gasteiger partial charge on any atom is -0.358 e. The molecule has 0 saturated carbocycles. The molecule has 1 N–H and O–H groups in total. The highest BCUT2D eigenvalue weighted by Gasteiger charge is 2.21. The zero-order chi connectivity index (χ0) is 7.56. The van der Waals surface area contributed by atoms with Crippen LogP contribution in [0.1, 0.15) is 20.3 Å². The van der Waals surface area contributed by atoms with E-state index in [1.54, 1.807) is 0 Å². The molecule has 1 aliphatic heterocycles. The van der Waals surface area contributed by atoms with Gasteiger partial charge in [-0.1, -0.05) is 0 Å². The second kappa shape index (κ2) is 3.40. The van der Waals surface area contributed by atoms with Crippen LogP contribution in [0.5, 0.6) is 0 Å². The molecule has 2 nitrogen and oxygen atoms in total.